The number of fused-ring (bicyclic) bond motifs is 1. The van der Waals surface area contributed by atoms with Gasteiger partial charge in [-0.15, -0.1) is 0 Å². The van der Waals surface area contributed by atoms with Gasteiger partial charge >= 0.3 is 0 Å². The van der Waals surface area contributed by atoms with Crippen molar-refractivity contribution in [2.24, 2.45) is 5.92 Å². The first-order chi connectivity index (χ1) is 19.9. The second-order valence-electron chi connectivity index (χ2n) is 10.9. The maximum absolute atomic E-state index is 6.17. The van der Waals surface area contributed by atoms with Crippen molar-refractivity contribution in [3.63, 3.8) is 0 Å². The van der Waals surface area contributed by atoms with Crippen molar-refractivity contribution < 1.29 is 4.74 Å². The highest BCUT2D eigenvalue weighted by atomic mass is 16.5. The molecule has 0 N–H and O–H groups in total. The average Bonchev–Trinajstić information content (AvgIpc) is 3.45. The van der Waals surface area contributed by atoms with Gasteiger partial charge in [0, 0.05) is 18.9 Å². The Kier molecular flexibility index (Phi) is 8.20. The van der Waals surface area contributed by atoms with E-state index in [4.69, 9.17) is 9.72 Å². The Morgan fingerprint density at radius 1 is 0.700 bits per heavy atom. The van der Waals surface area contributed by atoms with Crippen LogP contribution in [-0.4, -0.2) is 22.8 Å². The highest BCUT2D eigenvalue weighted by molar-refractivity contribution is 5.51. The molecule has 0 saturated heterocycles. The van der Waals surface area contributed by atoms with Crippen molar-refractivity contribution in [2.75, 3.05) is 13.2 Å². The number of benzene rings is 4. The second kappa shape index (κ2) is 12.5. The first-order valence-electron chi connectivity index (χ1n) is 14.7. The van der Waals surface area contributed by atoms with Gasteiger partial charge in [-0.05, 0) is 66.7 Å². The van der Waals surface area contributed by atoms with E-state index in [0.29, 0.717) is 5.92 Å². The molecule has 1 aliphatic rings. The molecule has 0 fully saturated rings. The monoisotopic (exact) mass is 526 g/mol. The third-order valence-corrected chi connectivity index (χ3v) is 8.36. The number of unbranched alkanes of at least 4 members (excludes halogenated alkanes) is 1. The predicted molar refractivity (Wildman–Crippen MR) is 163 cm³/mol. The van der Waals surface area contributed by atoms with Gasteiger partial charge in [0.15, 0.2) is 0 Å². The number of nitrogens with zero attached hydrogens (tertiary/aromatic N) is 2. The lowest BCUT2D eigenvalue weighted by molar-refractivity contribution is 0.0908. The van der Waals surface area contributed by atoms with E-state index in [1.165, 1.54) is 40.1 Å². The molecule has 202 valence electrons. The standard InChI is InChI=1S/C37H38N2O/c1-5-15-30(16-6-1)17-13-14-26-40-28-31-24-25-36-35(27-31)38-29-39(36)37(32-18-7-2-8-19-32,33-20-9-3-10-21-33)34-22-11-4-12-23-34/h1-12,15-16,18-23,29,31H,13-14,17,24-28H2. The van der Waals surface area contributed by atoms with Crippen LogP contribution in [0.1, 0.15) is 52.9 Å². The Morgan fingerprint density at radius 2 is 1.25 bits per heavy atom. The molecule has 1 heterocycles. The summed E-state index contributed by atoms with van der Waals surface area (Å²) in [6.45, 7) is 1.66. The summed E-state index contributed by atoms with van der Waals surface area (Å²) in [4.78, 5) is 5.05. The lowest BCUT2D eigenvalue weighted by Crippen LogP contribution is -2.39. The van der Waals surface area contributed by atoms with Crippen molar-refractivity contribution in [3.8, 4) is 0 Å². The van der Waals surface area contributed by atoms with Crippen LogP contribution < -0.4 is 0 Å². The van der Waals surface area contributed by atoms with Gasteiger partial charge in [0.05, 0.1) is 12.0 Å². The van der Waals surface area contributed by atoms with E-state index in [-0.39, 0.29) is 0 Å². The third-order valence-electron chi connectivity index (χ3n) is 8.36. The number of ether oxygens (including phenoxy) is 1. The Bertz CT molecular complexity index is 1370. The van der Waals surface area contributed by atoms with E-state index in [2.05, 4.69) is 132 Å². The van der Waals surface area contributed by atoms with Crippen molar-refractivity contribution in [2.45, 2.75) is 44.1 Å². The van der Waals surface area contributed by atoms with Crippen LogP contribution in [0, 0.1) is 5.92 Å². The normalized spacial score (nSPS) is 15.1. The highest BCUT2D eigenvalue weighted by Gasteiger charge is 2.41. The number of aryl methyl sites for hydroxylation is 1. The topological polar surface area (TPSA) is 27.1 Å². The van der Waals surface area contributed by atoms with Crippen molar-refractivity contribution in [3.05, 3.63) is 161 Å². The first-order valence-corrected chi connectivity index (χ1v) is 14.7. The summed E-state index contributed by atoms with van der Waals surface area (Å²) in [5.74, 6) is 0.518. The number of rotatable bonds is 11. The molecule has 4 aromatic carbocycles. The van der Waals surface area contributed by atoms with Gasteiger partial charge in [-0.3, -0.25) is 0 Å². The zero-order valence-electron chi connectivity index (χ0n) is 23.2. The quantitative estimate of drug-likeness (QED) is 0.129. The van der Waals surface area contributed by atoms with Gasteiger partial charge in [0.25, 0.3) is 0 Å². The first kappa shape index (κ1) is 26.3. The zero-order valence-corrected chi connectivity index (χ0v) is 23.2. The Balaban J connectivity index is 1.22. The molecule has 0 bridgehead atoms. The summed E-state index contributed by atoms with van der Waals surface area (Å²) in [5.41, 5.74) is 7.21. The van der Waals surface area contributed by atoms with Crippen molar-refractivity contribution >= 4 is 0 Å². The predicted octanol–water partition coefficient (Wildman–Crippen LogP) is 7.87. The highest BCUT2D eigenvalue weighted by Crippen LogP contribution is 2.43. The fourth-order valence-corrected chi connectivity index (χ4v) is 6.38. The molecule has 1 unspecified atom stereocenters. The minimum absolute atomic E-state index is 0.494. The summed E-state index contributed by atoms with van der Waals surface area (Å²) in [7, 11) is 0. The molecule has 3 heteroatoms. The molecular formula is C37H38N2O. The Morgan fingerprint density at radius 3 is 1.82 bits per heavy atom. The average molecular weight is 527 g/mol. The summed E-state index contributed by atoms with van der Waals surface area (Å²) in [6.07, 6.45) is 8.59. The van der Waals surface area contributed by atoms with Gasteiger partial charge < -0.3 is 9.30 Å². The van der Waals surface area contributed by atoms with E-state index < -0.39 is 5.54 Å². The molecular weight excluding hydrogens is 488 g/mol. The molecule has 3 nitrogen and oxygen atoms in total. The van der Waals surface area contributed by atoms with Crippen molar-refractivity contribution in [1.82, 2.24) is 9.55 Å². The second-order valence-corrected chi connectivity index (χ2v) is 10.9. The minimum atomic E-state index is -0.494. The zero-order chi connectivity index (χ0) is 27.0. The summed E-state index contributed by atoms with van der Waals surface area (Å²) < 4.78 is 8.63. The third kappa shape index (κ3) is 5.39. The van der Waals surface area contributed by atoms with Crippen LogP contribution in [0.2, 0.25) is 0 Å². The van der Waals surface area contributed by atoms with E-state index in [0.717, 1.165) is 45.3 Å². The van der Waals surface area contributed by atoms with Gasteiger partial charge in [-0.1, -0.05) is 121 Å². The largest absolute Gasteiger partial charge is 0.381 e. The van der Waals surface area contributed by atoms with Crippen LogP contribution in [0.3, 0.4) is 0 Å². The minimum Gasteiger partial charge on any atom is -0.381 e. The van der Waals surface area contributed by atoms with Crippen molar-refractivity contribution in [1.29, 1.82) is 0 Å². The van der Waals surface area contributed by atoms with Crippen LogP contribution in [0.15, 0.2) is 128 Å². The van der Waals surface area contributed by atoms with E-state index in [9.17, 15) is 0 Å². The molecule has 0 amide bonds. The number of hydrogen-bond acceptors (Lipinski definition) is 2. The van der Waals surface area contributed by atoms with Crippen LogP contribution in [0.5, 0.6) is 0 Å². The van der Waals surface area contributed by atoms with E-state index in [1.807, 2.05) is 0 Å². The Labute approximate surface area is 238 Å². The molecule has 1 aromatic heterocycles. The molecule has 1 atom stereocenters. The number of hydrogen-bond donors (Lipinski definition) is 0. The fourth-order valence-electron chi connectivity index (χ4n) is 6.38. The molecule has 0 aliphatic heterocycles. The SMILES string of the molecule is c1ccc(CCCCOCC2CCc3c(ncn3C(c3ccccc3)(c3ccccc3)c3ccccc3)C2)cc1. The molecule has 6 rings (SSSR count). The van der Waals surface area contributed by atoms with E-state index in [1.54, 1.807) is 0 Å². The molecule has 0 spiro atoms. The molecule has 1 aliphatic carbocycles. The molecule has 5 aromatic rings. The molecule has 0 radical (unpaired) electrons. The molecule has 0 saturated carbocycles. The summed E-state index contributed by atoms with van der Waals surface area (Å²) >= 11 is 0. The maximum Gasteiger partial charge on any atom is 0.121 e. The fraction of sp³-hybridized carbons (Fsp3) is 0.270. The Hall–Kier alpha value is -3.95. The van der Waals surface area contributed by atoms with Crippen LogP contribution in [0.4, 0.5) is 0 Å². The van der Waals surface area contributed by atoms with Gasteiger partial charge in [0.1, 0.15) is 5.54 Å². The maximum atomic E-state index is 6.17. The summed E-state index contributed by atoms with van der Waals surface area (Å²) in [6, 6.07) is 43.4. The van der Waals surface area contributed by atoms with Gasteiger partial charge in [0.2, 0.25) is 0 Å². The van der Waals surface area contributed by atoms with Crippen LogP contribution in [0.25, 0.3) is 0 Å². The van der Waals surface area contributed by atoms with E-state index >= 15 is 0 Å². The lowest BCUT2D eigenvalue weighted by Gasteiger charge is -2.39. The number of imidazole rings is 1. The van der Waals surface area contributed by atoms with Crippen LogP contribution in [-0.2, 0) is 29.5 Å². The van der Waals surface area contributed by atoms with Gasteiger partial charge in [-0.25, -0.2) is 4.98 Å². The smallest absolute Gasteiger partial charge is 0.121 e. The van der Waals surface area contributed by atoms with Gasteiger partial charge in [-0.2, -0.15) is 0 Å². The summed E-state index contributed by atoms with van der Waals surface area (Å²) in [5, 5.41) is 0. The van der Waals surface area contributed by atoms with Crippen LogP contribution >= 0.6 is 0 Å². The number of aromatic nitrogens is 2. The molecule has 40 heavy (non-hydrogen) atoms. The lowest BCUT2D eigenvalue weighted by atomic mass is 9.76.